The van der Waals surface area contributed by atoms with Gasteiger partial charge in [0.15, 0.2) is 0 Å². The highest BCUT2D eigenvalue weighted by Gasteiger charge is 2.31. The number of carboxylic acid groups (broad SMARTS) is 1. The van der Waals surface area contributed by atoms with Crippen LogP contribution in [0.3, 0.4) is 0 Å². The van der Waals surface area contributed by atoms with Crippen molar-refractivity contribution >= 4 is 5.97 Å². The lowest BCUT2D eigenvalue weighted by atomic mass is 9.82. The summed E-state index contributed by atoms with van der Waals surface area (Å²) < 4.78 is 2.27. The van der Waals surface area contributed by atoms with Crippen LogP contribution in [-0.4, -0.2) is 25.8 Å². The molecule has 0 aromatic carbocycles. The highest BCUT2D eigenvalue weighted by atomic mass is 16.4. The van der Waals surface area contributed by atoms with Gasteiger partial charge in [-0.25, -0.2) is 0 Å². The zero-order valence-electron chi connectivity index (χ0n) is 11.4. The summed E-state index contributed by atoms with van der Waals surface area (Å²) >= 11 is 0. The Morgan fingerprint density at radius 1 is 1.21 bits per heavy atom. The lowest BCUT2D eigenvalue weighted by Gasteiger charge is -2.27. The summed E-state index contributed by atoms with van der Waals surface area (Å²) in [5, 5.41) is 17.5. The summed E-state index contributed by atoms with van der Waals surface area (Å²) in [5.41, 5.74) is 0. The minimum Gasteiger partial charge on any atom is -0.481 e. The molecule has 2 aliphatic rings. The summed E-state index contributed by atoms with van der Waals surface area (Å²) in [7, 11) is 0. The van der Waals surface area contributed by atoms with Crippen LogP contribution in [0, 0.1) is 18.8 Å². The maximum atomic E-state index is 11.0. The monoisotopic (exact) mass is 263 g/mol. The normalized spacial score (nSPS) is 27.4. The number of aromatic nitrogens is 3. The van der Waals surface area contributed by atoms with Gasteiger partial charge in [-0.15, -0.1) is 10.2 Å². The van der Waals surface area contributed by atoms with Crippen LogP contribution in [-0.2, 0) is 11.3 Å². The van der Waals surface area contributed by atoms with Crippen LogP contribution < -0.4 is 0 Å². The van der Waals surface area contributed by atoms with Gasteiger partial charge in [0, 0.05) is 12.5 Å². The molecule has 1 aromatic rings. The van der Waals surface area contributed by atoms with E-state index in [0.29, 0.717) is 11.8 Å². The van der Waals surface area contributed by atoms with E-state index in [0.717, 1.165) is 43.9 Å². The molecule has 2 aliphatic carbocycles. The summed E-state index contributed by atoms with van der Waals surface area (Å²) in [5.74, 6) is 2.61. The number of aliphatic carboxylic acids is 1. The van der Waals surface area contributed by atoms with Gasteiger partial charge in [-0.2, -0.15) is 0 Å². The fourth-order valence-corrected chi connectivity index (χ4v) is 3.12. The van der Waals surface area contributed by atoms with Crippen LogP contribution in [0.2, 0.25) is 0 Å². The van der Waals surface area contributed by atoms with Gasteiger partial charge in [-0.05, 0) is 51.4 Å². The van der Waals surface area contributed by atoms with E-state index in [9.17, 15) is 4.79 Å². The molecule has 5 nitrogen and oxygen atoms in total. The number of carboxylic acids is 1. The molecule has 0 spiro atoms. The molecule has 0 unspecified atom stereocenters. The summed E-state index contributed by atoms with van der Waals surface area (Å²) in [6.45, 7) is 2.98. The van der Waals surface area contributed by atoms with Crippen LogP contribution >= 0.6 is 0 Å². The molecule has 1 N–H and O–H groups in total. The van der Waals surface area contributed by atoms with Crippen molar-refractivity contribution in [3.63, 3.8) is 0 Å². The van der Waals surface area contributed by atoms with Gasteiger partial charge in [-0.3, -0.25) is 4.79 Å². The van der Waals surface area contributed by atoms with Gasteiger partial charge in [0.1, 0.15) is 11.6 Å². The quantitative estimate of drug-likeness (QED) is 0.905. The molecule has 5 heteroatoms. The lowest BCUT2D eigenvalue weighted by molar-refractivity contribution is -0.143. The van der Waals surface area contributed by atoms with Crippen LogP contribution in [0.15, 0.2) is 0 Å². The SMILES string of the molecule is Cc1nnc(C2CC2)n1CC1CCC(C(=O)O)CC1. The smallest absolute Gasteiger partial charge is 0.306 e. The van der Waals surface area contributed by atoms with Gasteiger partial charge >= 0.3 is 5.97 Å². The molecule has 19 heavy (non-hydrogen) atoms. The maximum absolute atomic E-state index is 11.0. The Bertz CT molecular complexity index is 471. The number of rotatable bonds is 4. The maximum Gasteiger partial charge on any atom is 0.306 e. The number of aryl methyl sites for hydroxylation is 1. The van der Waals surface area contributed by atoms with Gasteiger partial charge in [-0.1, -0.05) is 0 Å². The van der Waals surface area contributed by atoms with Crippen LogP contribution in [0.4, 0.5) is 0 Å². The first-order valence-electron chi connectivity index (χ1n) is 7.27. The fraction of sp³-hybridized carbons (Fsp3) is 0.786. The van der Waals surface area contributed by atoms with E-state index >= 15 is 0 Å². The predicted octanol–water partition coefficient (Wildman–Crippen LogP) is 2.35. The molecule has 0 amide bonds. The van der Waals surface area contributed by atoms with Gasteiger partial charge in [0.2, 0.25) is 0 Å². The molecule has 0 bridgehead atoms. The topological polar surface area (TPSA) is 68.0 Å². The summed E-state index contributed by atoms with van der Waals surface area (Å²) in [4.78, 5) is 11.0. The molecule has 1 heterocycles. The Balaban J connectivity index is 1.63. The van der Waals surface area contributed by atoms with E-state index in [-0.39, 0.29) is 5.92 Å². The van der Waals surface area contributed by atoms with Crippen LogP contribution in [0.25, 0.3) is 0 Å². The molecule has 0 radical (unpaired) electrons. The highest BCUT2D eigenvalue weighted by molar-refractivity contribution is 5.69. The largest absolute Gasteiger partial charge is 0.481 e. The van der Waals surface area contributed by atoms with Crippen molar-refractivity contribution in [1.29, 1.82) is 0 Å². The molecule has 0 saturated heterocycles. The average Bonchev–Trinajstić information content (AvgIpc) is 3.17. The van der Waals surface area contributed by atoms with Gasteiger partial charge < -0.3 is 9.67 Å². The molecule has 104 valence electrons. The second kappa shape index (κ2) is 4.94. The first kappa shape index (κ1) is 12.6. The number of nitrogens with zero attached hydrogens (tertiary/aromatic N) is 3. The third-order valence-electron chi connectivity index (χ3n) is 4.54. The van der Waals surface area contributed by atoms with Crippen molar-refractivity contribution in [3.05, 3.63) is 11.6 Å². The number of carbonyl (C=O) groups is 1. The Hall–Kier alpha value is -1.39. The van der Waals surface area contributed by atoms with Crippen LogP contribution in [0.5, 0.6) is 0 Å². The van der Waals surface area contributed by atoms with Crippen LogP contribution in [0.1, 0.15) is 56.1 Å². The fourth-order valence-electron chi connectivity index (χ4n) is 3.12. The van der Waals surface area contributed by atoms with E-state index < -0.39 is 5.97 Å². The second-order valence-electron chi connectivity index (χ2n) is 6.05. The molecular weight excluding hydrogens is 242 g/mol. The Labute approximate surface area is 113 Å². The zero-order valence-corrected chi connectivity index (χ0v) is 11.4. The highest BCUT2D eigenvalue weighted by Crippen LogP contribution is 2.40. The van der Waals surface area contributed by atoms with Crippen molar-refractivity contribution in [2.45, 2.75) is 57.9 Å². The molecule has 0 atom stereocenters. The Morgan fingerprint density at radius 3 is 2.47 bits per heavy atom. The molecule has 3 rings (SSSR count). The van der Waals surface area contributed by atoms with E-state index in [4.69, 9.17) is 5.11 Å². The molecular formula is C14H21N3O2. The van der Waals surface area contributed by atoms with Crippen molar-refractivity contribution in [3.8, 4) is 0 Å². The van der Waals surface area contributed by atoms with E-state index in [2.05, 4.69) is 14.8 Å². The van der Waals surface area contributed by atoms with Crippen molar-refractivity contribution in [1.82, 2.24) is 14.8 Å². The first-order valence-corrected chi connectivity index (χ1v) is 7.27. The van der Waals surface area contributed by atoms with E-state index in [1.807, 2.05) is 6.92 Å². The Kier molecular flexibility index (Phi) is 3.29. The van der Waals surface area contributed by atoms with E-state index in [1.165, 1.54) is 12.8 Å². The second-order valence-corrected chi connectivity index (χ2v) is 6.05. The average molecular weight is 263 g/mol. The first-order chi connectivity index (χ1) is 9.15. The lowest BCUT2D eigenvalue weighted by Crippen LogP contribution is -2.24. The summed E-state index contributed by atoms with van der Waals surface area (Å²) in [6, 6.07) is 0. The minimum absolute atomic E-state index is 0.124. The molecule has 1 aromatic heterocycles. The predicted molar refractivity (Wildman–Crippen MR) is 69.8 cm³/mol. The minimum atomic E-state index is -0.627. The number of hydrogen-bond acceptors (Lipinski definition) is 3. The number of hydrogen-bond donors (Lipinski definition) is 1. The summed E-state index contributed by atoms with van der Waals surface area (Å²) in [6.07, 6.45) is 6.14. The molecule has 2 fully saturated rings. The zero-order chi connectivity index (χ0) is 13.4. The van der Waals surface area contributed by atoms with Crippen molar-refractivity contribution in [2.75, 3.05) is 0 Å². The Morgan fingerprint density at radius 2 is 1.89 bits per heavy atom. The van der Waals surface area contributed by atoms with Crippen molar-refractivity contribution in [2.24, 2.45) is 11.8 Å². The van der Waals surface area contributed by atoms with Crippen molar-refractivity contribution < 1.29 is 9.90 Å². The third-order valence-corrected chi connectivity index (χ3v) is 4.54. The van der Waals surface area contributed by atoms with Gasteiger partial charge in [0.05, 0.1) is 5.92 Å². The third kappa shape index (κ3) is 2.65. The van der Waals surface area contributed by atoms with Gasteiger partial charge in [0.25, 0.3) is 0 Å². The molecule has 2 saturated carbocycles. The van der Waals surface area contributed by atoms with E-state index in [1.54, 1.807) is 0 Å². The molecule has 0 aliphatic heterocycles. The standard InChI is InChI=1S/C14H21N3O2/c1-9-15-16-13(11-6-7-11)17(9)8-10-2-4-12(5-3-10)14(18)19/h10-12H,2-8H2,1H3,(H,18,19).